The number of nitrogens with one attached hydrogen (secondary N) is 1. The summed E-state index contributed by atoms with van der Waals surface area (Å²) >= 11 is 0. The molecule has 0 spiro atoms. The molecule has 0 bridgehead atoms. The van der Waals surface area contributed by atoms with Crippen LogP contribution in [0.1, 0.15) is 27.2 Å². The maximum atomic E-state index is 11.4. The molecule has 0 aliphatic carbocycles. The SMILES string of the molecule is O=C(O)c1cccc2c3c([nH]c12)CCN(Cc1ccccc1)C3. The van der Waals surface area contributed by atoms with Crippen molar-refractivity contribution < 1.29 is 9.90 Å². The average molecular weight is 306 g/mol. The first-order valence-corrected chi connectivity index (χ1v) is 7.84. The lowest BCUT2D eigenvalue weighted by Gasteiger charge is -2.27. The lowest BCUT2D eigenvalue weighted by molar-refractivity contribution is 0.0699. The Bertz CT molecular complexity index is 868. The van der Waals surface area contributed by atoms with E-state index in [-0.39, 0.29) is 0 Å². The predicted octanol–water partition coefficient (Wildman–Crippen LogP) is 3.42. The molecule has 1 aliphatic rings. The van der Waals surface area contributed by atoms with Crippen LogP contribution in [0, 0.1) is 0 Å². The molecule has 0 saturated carbocycles. The molecule has 2 aromatic carbocycles. The minimum atomic E-state index is -0.879. The van der Waals surface area contributed by atoms with E-state index < -0.39 is 5.97 Å². The number of para-hydroxylation sites is 1. The molecule has 23 heavy (non-hydrogen) atoms. The molecule has 0 radical (unpaired) electrons. The molecular formula is C19H18N2O2. The summed E-state index contributed by atoms with van der Waals surface area (Å²) in [5, 5.41) is 10.4. The smallest absolute Gasteiger partial charge is 0.337 e. The van der Waals surface area contributed by atoms with Gasteiger partial charge in [-0.25, -0.2) is 4.79 Å². The Morgan fingerprint density at radius 3 is 2.74 bits per heavy atom. The summed E-state index contributed by atoms with van der Waals surface area (Å²) in [4.78, 5) is 17.2. The van der Waals surface area contributed by atoms with E-state index in [4.69, 9.17) is 0 Å². The number of carboxylic acid groups (broad SMARTS) is 1. The van der Waals surface area contributed by atoms with Crippen molar-refractivity contribution in [1.82, 2.24) is 9.88 Å². The van der Waals surface area contributed by atoms with Crippen molar-refractivity contribution >= 4 is 16.9 Å². The van der Waals surface area contributed by atoms with Crippen molar-refractivity contribution in [2.45, 2.75) is 19.5 Å². The standard InChI is InChI=1S/C19H18N2O2/c22-19(23)15-8-4-7-14-16-12-21(10-9-17(16)20-18(14)15)11-13-5-2-1-3-6-13/h1-8,20H,9-12H2,(H,22,23). The van der Waals surface area contributed by atoms with Crippen LogP contribution in [0.5, 0.6) is 0 Å². The zero-order valence-corrected chi connectivity index (χ0v) is 12.7. The van der Waals surface area contributed by atoms with Crippen LogP contribution < -0.4 is 0 Å². The van der Waals surface area contributed by atoms with Crippen LogP contribution in [0.3, 0.4) is 0 Å². The van der Waals surface area contributed by atoms with Gasteiger partial charge in [0.25, 0.3) is 0 Å². The van der Waals surface area contributed by atoms with Crippen LogP contribution in [0.15, 0.2) is 48.5 Å². The summed E-state index contributed by atoms with van der Waals surface area (Å²) in [5.41, 5.74) is 4.84. The van der Waals surface area contributed by atoms with Gasteiger partial charge < -0.3 is 10.1 Å². The van der Waals surface area contributed by atoms with Crippen LogP contribution >= 0.6 is 0 Å². The quantitative estimate of drug-likeness (QED) is 0.779. The van der Waals surface area contributed by atoms with E-state index >= 15 is 0 Å². The fraction of sp³-hybridized carbons (Fsp3) is 0.211. The Hall–Kier alpha value is -2.59. The highest BCUT2D eigenvalue weighted by Gasteiger charge is 2.22. The third-order valence-electron chi connectivity index (χ3n) is 4.57. The van der Waals surface area contributed by atoms with Gasteiger partial charge in [0.15, 0.2) is 0 Å². The number of hydrogen-bond acceptors (Lipinski definition) is 2. The Labute approximate surface area is 134 Å². The normalized spacial score (nSPS) is 14.8. The molecule has 4 rings (SSSR count). The first-order valence-electron chi connectivity index (χ1n) is 7.84. The second-order valence-corrected chi connectivity index (χ2v) is 6.06. The molecule has 0 unspecified atom stereocenters. The summed E-state index contributed by atoms with van der Waals surface area (Å²) in [6, 6.07) is 16.0. The number of nitrogens with zero attached hydrogens (tertiary/aromatic N) is 1. The molecule has 0 amide bonds. The van der Waals surface area contributed by atoms with Gasteiger partial charge in [-0.1, -0.05) is 42.5 Å². The Balaban J connectivity index is 1.68. The highest BCUT2D eigenvalue weighted by Crippen LogP contribution is 2.30. The van der Waals surface area contributed by atoms with E-state index in [9.17, 15) is 9.90 Å². The molecule has 2 N–H and O–H groups in total. The number of benzene rings is 2. The zero-order valence-electron chi connectivity index (χ0n) is 12.7. The number of aromatic carboxylic acids is 1. The third-order valence-corrected chi connectivity index (χ3v) is 4.57. The van der Waals surface area contributed by atoms with Crippen molar-refractivity contribution in [3.05, 3.63) is 70.9 Å². The number of carboxylic acids is 1. The average Bonchev–Trinajstić information content (AvgIpc) is 2.93. The molecule has 2 heterocycles. The largest absolute Gasteiger partial charge is 0.478 e. The molecule has 1 aromatic heterocycles. The predicted molar refractivity (Wildman–Crippen MR) is 89.5 cm³/mol. The minimum absolute atomic E-state index is 0.353. The van der Waals surface area contributed by atoms with E-state index in [0.29, 0.717) is 5.56 Å². The number of carbonyl (C=O) groups is 1. The lowest BCUT2D eigenvalue weighted by Crippen LogP contribution is -2.29. The number of aromatic amines is 1. The zero-order chi connectivity index (χ0) is 15.8. The highest BCUT2D eigenvalue weighted by molar-refractivity contribution is 6.03. The number of H-pyrrole nitrogens is 1. The molecule has 1 aliphatic heterocycles. The van der Waals surface area contributed by atoms with Crippen molar-refractivity contribution in [3.8, 4) is 0 Å². The van der Waals surface area contributed by atoms with Gasteiger partial charge >= 0.3 is 5.97 Å². The molecular weight excluding hydrogens is 288 g/mol. The number of hydrogen-bond donors (Lipinski definition) is 2. The van der Waals surface area contributed by atoms with Crippen molar-refractivity contribution in [3.63, 3.8) is 0 Å². The third kappa shape index (κ3) is 2.51. The van der Waals surface area contributed by atoms with Gasteiger partial charge in [0.2, 0.25) is 0 Å². The maximum absolute atomic E-state index is 11.4. The summed E-state index contributed by atoms with van der Waals surface area (Å²) in [5.74, 6) is -0.879. The number of rotatable bonds is 3. The van der Waals surface area contributed by atoms with Crippen molar-refractivity contribution in [1.29, 1.82) is 0 Å². The van der Waals surface area contributed by atoms with Gasteiger partial charge in [-0.15, -0.1) is 0 Å². The minimum Gasteiger partial charge on any atom is -0.478 e. The Morgan fingerprint density at radius 1 is 1.13 bits per heavy atom. The number of fused-ring (bicyclic) bond motifs is 3. The Morgan fingerprint density at radius 2 is 1.96 bits per heavy atom. The van der Waals surface area contributed by atoms with E-state index in [1.54, 1.807) is 6.07 Å². The van der Waals surface area contributed by atoms with Gasteiger partial charge in [0.05, 0.1) is 11.1 Å². The summed E-state index contributed by atoms with van der Waals surface area (Å²) in [6.07, 6.45) is 0.926. The first kappa shape index (κ1) is 14.0. The molecule has 4 nitrogen and oxygen atoms in total. The van der Waals surface area contributed by atoms with E-state index in [1.165, 1.54) is 16.8 Å². The molecule has 0 fully saturated rings. The van der Waals surface area contributed by atoms with Gasteiger partial charge in [0.1, 0.15) is 0 Å². The summed E-state index contributed by atoms with van der Waals surface area (Å²) in [6.45, 7) is 2.76. The monoisotopic (exact) mass is 306 g/mol. The van der Waals surface area contributed by atoms with Gasteiger partial charge in [-0.05, 0) is 17.2 Å². The molecule has 0 saturated heterocycles. The maximum Gasteiger partial charge on any atom is 0.337 e. The summed E-state index contributed by atoms with van der Waals surface area (Å²) in [7, 11) is 0. The fourth-order valence-corrected chi connectivity index (χ4v) is 3.45. The molecule has 0 atom stereocenters. The van der Waals surface area contributed by atoms with Gasteiger partial charge in [0, 0.05) is 37.1 Å². The molecule has 3 aromatic rings. The van der Waals surface area contributed by atoms with Crippen LogP contribution in [0.4, 0.5) is 0 Å². The van der Waals surface area contributed by atoms with Crippen LogP contribution in [-0.2, 0) is 19.5 Å². The second-order valence-electron chi connectivity index (χ2n) is 6.06. The van der Waals surface area contributed by atoms with E-state index in [1.807, 2.05) is 18.2 Å². The van der Waals surface area contributed by atoms with Gasteiger partial charge in [-0.2, -0.15) is 0 Å². The van der Waals surface area contributed by atoms with Gasteiger partial charge in [-0.3, -0.25) is 4.90 Å². The Kier molecular flexibility index (Phi) is 3.39. The fourth-order valence-electron chi connectivity index (χ4n) is 3.45. The van der Waals surface area contributed by atoms with E-state index in [2.05, 4.69) is 34.1 Å². The van der Waals surface area contributed by atoms with Crippen LogP contribution in [0.2, 0.25) is 0 Å². The van der Waals surface area contributed by atoms with Crippen LogP contribution in [0.25, 0.3) is 10.9 Å². The first-order chi connectivity index (χ1) is 11.2. The lowest BCUT2D eigenvalue weighted by atomic mass is 10.0. The van der Waals surface area contributed by atoms with Crippen molar-refractivity contribution in [2.75, 3.05) is 6.54 Å². The second kappa shape index (κ2) is 5.56. The number of aromatic nitrogens is 1. The van der Waals surface area contributed by atoms with E-state index in [0.717, 1.165) is 37.0 Å². The van der Waals surface area contributed by atoms with Crippen molar-refractivity contribution in [2.24, 2.45) is 0 Å². The highest BCUT2D eigenvalue weighted by atomic mass is 16.4. The molecule has 116 valence electrons. The molecule has 4 heteroatoms. The van der Waals surface area contributed by atoms with Crippen LogP contribution in [-0.4, -0.2) is 27.5 Å². The summed E-state index contributed by atoms with van der Waals surface area (Å²) < 4.78 is 0. The topological polar surface area (TPSA) is 56.3 Å².